The van der Waals surface area contributed by atoms with Gasteiger partial charge in [0.25, 0.3) is 0 Å². The molecule has 5 aromatic rings. The molecule has 5 rings (SSSR count). The van der Waals surface area contributed by atoms with Crippen molar-refractivity contribution in [3.8, 4) is 33.8 Å². The molecule has 2 nitrogen and oxygen atoms in total. The standard InChI is InChI=1S/C31H26O2/c1-32-27-16-13-22(14-17-27)19-26-20-25-15-18-28(33-2)21-29(25)31(24-11-7-4-8-12-24)30(26)23-9-5-3-6-10-23/h3-18,20-21H,19H2,1-2H3. The Hall–Kier alpha value is -4.04. The highest BCUT2D eigenvalue weighted by atomic mass is 16.5. The highest BCUT2D eigenvalue weighted by Gasteiger charge is 2.18. The van der Waals surface area contributed by atoms with E-state index in [9.17, 15) is 0 Å². The van der Waals surface area contributed by atoms with Crippen LogP contribution in [0.3, 0.4) is 0 Å². The van der Waals surface area contributed by atoms with Crippen molar-refractivity contribution in [3.63, 3.8) is 0 Å². The summed E-state index contributed by atoms with van der Waals surface area (Å²) in [5.41, 5.74) is 7.46. The molecule has 0 atom stereocenters. The van der Waals surface area contributed by atoms with E-state index in [0.29, 0.717) is 0 Å². The second-order valence-corrected chi connectivity index (χ2v) is 8.13. The predicted molar refractivity (Wildman–Crippen MR) is 137 cm³/mol. The Morgan fingerprint density at radius 1 is 0.545 bits per heavy atom. The molecule has 0 unspecified atom stereocenters. The first-order valence-electron chi connectivity index (χ1n) is 11.1. The molecule has 0 aliphatic carbocycles. The molecule has 5 aromatic carbocycles. The third kappa shape index (κ3) is 4.20. The average Bonchev–Trinajstić information content (AvgIpc) is 2.89. The zero-order chi connectivity index (χ0) is 22.6. The van der Waals surface area contributed by atoms with Gasteiger partial charge in [-0.15, -0.1) is 0 Å². The van der Waals surface area contributed by atoms with Crippen LogP contribution in [0, 0.1) is 0 Å². The van der Waals surface area contributed by atoms with Crippen molar-refractivity contribution in [2.24, 2.45) is 0 Å². The highest BCUT2D eigenvalue weighted by Crippen LogP contribution is 2.42. The summed E-state index contributed by atoms with van der Waals surface area (Å²) < 4.78 is 11.0. The van der Waals surface area contributed by atoms with Gasteiger partial charge in [0.05, 0.1) is 14.2 Å². The van der Waals surface area contributed by atoms with Crippen molar-refractivity contribution in [2.75, 3.05) is 14.2 Å². The minimum Gasteiger partial charge on any atom is -0.497 e. The van der Waals surface area contributed by atoms with Gasteiger partial charge in [-0.25, -0.2) is 0 Å². The largest absolute Gasteiger partial charge is 0.497 e. The monoisotopic (exact) mass is 430 g/mol. The lowest BCUT2D eigenvalue weighted by Gasteiger charge is -2.20. The van der Waals surface area contributed by atoms with Gasteiger partial charge in [0.2, 0.25) is 0 Å². The fourth-order valence-corrected chi connectivity index (χ4v) is 4.50. The second kappa shape index (κ2) is 9.22. The Kier molecular flexibility index (Phi) is 5.82. The van der Waals surface area contributed by atoms with Crippen molar-refractivity contribution < 1.29 is 9.47 Å². The number of benzene rings is 5. The van der Waals surface area contributed by atoms with Crippen molar-refractivity contribution >= 4 is 10.8 Å². The minimum atomic E-state index is 0.829. The number of fused-ring (bicyclic) bond motifs is 1. The second-order valence-electron chi connectivity index (χ2n) is 8.13. The molecule has 0 aliphatic rings. The minimum absolute atomic E-state index is 0.829. The lowest BCUT2D eigenvalue weighted by Crippen LogP contribution is -1.98. The van der Waals surface area contributed by atoms with Crippen molar-refractivity contribution in [1.82, 2.24) is 0 Å². The number of rotatable bonds is 6. The van der Waals surface area contributed by atoms with Crippen LogP contribution < -0.4 is 9.47 Å². The normalized spacial score (nSPS) is 10.8. The van der Waals surface area contributed by atoms with E-state index in [0.717, 1.165) is 17.9 Å². The van der Waals surface area contributed by atoms with Gasteiger partial charge in [0.1, 0.15) is 11.5 Å². The van der Waals surface area contributed by atoms with Gasteiger partial charge >= 0.3 is 0 Å². The van der Waals surface area contributed by atoms with E-state index in [4.69, 9.17) is 9.47 Å². The molecule has 0 heterocycles. The molecule has 2 heteroatoms. The van der Waals surface area contributed by atoms with Crippen LogP contribution in [0.4, 0.5) is 0 Å². The molecule has 0 fully saturated rings. The SMILES string of the molecule is COc1ccc(Cc2cc3ccc(OC)cc3c(-c3ccccc3)c2-c2ccccc2)cc1. The van der Waals surface area contributed by atoms with E-state index in [1.165, 1.54) is 44.2 Å². The molecule has 33 heavy (non-hydrogen) atoms. The van der Waals surface area contributed by atoms with Crippen LogP contribution in [0.2, 0.25) is 0 Å². The molecular weight excluding hydrogens is 404 g/mol. The predicted octanol–water partition coefficient (Wildman–Crippen LogP) is 7.78. The van der Waals surface area contributed by atoms with Gasteiger partial charge in [0.15, 0.2) is 0 Å². The topological polar surface area (TPSA) is 18.5 Å². The zero-order valence-corrected chi connectivity index (χ0v) is 18.9. The molecule has 0 spiro atoms. The summed E-state index contributed by atoms with van der Waals surface area (Å²) in [6.45, 7) is 0. The molecule has 162 valence electrons. The van der Waals surface area contributed by atoms with Gasteiger partial charge < -0.3 is 9.47 Å². The van der Waals surface area contributed by atoms with Crippen LogP contribution in [0.5, 0.6) is 11.5 Å². The van der Waals surface area contributed by atoms with Crippen LogP contribution >= 0.6 is 0 Å². The zero-order valence-electron chi connectivity index (χ0n) is 18.9. The van der Waals surface area contributed by atoms with E-state index < -0.39 is 0 Å². The maximum Gasteiger partial charge on any atom is 0.119 e. The summed E-state index contributed by atoms with van der Waals surface area (Å²) in [5, 5.41) is 2.40. The first kappa shape index (κ1) is 20.8. The van der Waals surface area contributed by atoms with Crippen molar-refractivity contribution in [2.45, 2.75) is 6.42 Å². The third-order valence-corrected chi connectivity index (χ3v) is 6.11. The molecule has 0 aromatic heterocycles. The number of hydrogen-bond donors (Lipinski definition) is 0. The summed E-state index contributed by atoms with van der Waals surface area (Å²) in [7, 11) is 3.42. The molecule has 0 N–H and O–H groups in total. The molecular formula is C31H26O2. The maximum absolute atomic E-state index is 5.59. The quantitative estimate of drug-likeness (QED) is 0.274. The molecule has 0 aliphatic heterocycles. The first-order valence-corrected chi connectivity index (χ1v) is 11.1. The van der Waals surface area contributed by atoms with E-state index in [-0.39, 0.29) is 0 Å². The number of hydrogen-bond acceptors (Lipinski definition) is 2. The van der Waals surface area contributed by atoms with Crippen LogP contribution in [-0.2, 0) is 6.42 Å². The summed E-state index contributed by atoms with van der Waals surface area (Å²) in [6, 6.07) is 38.4. The van der Waals surface area contributed by atoms with Crippen LogP contribution in [-0.4, -0.2) is 14.2 Å². The van der Waals surface area contributed by atoms with E-state index in [1.807, 2.05) is 18.2 Å². The van der Waals surface area contributed by atoms with Gasteiger partial charge in [-0.1, -0.05) is 84.9 Å². The fraction of sp³-hybridized carbons (Fsp3) is 0.0968. The van der Waals surface area contributed by atoms with E-state index in [1.54, 1.807) is 14.2 Å². The van der Waals surface area contributed by atoms with Crippen LogP contribution in [0.15, 0.2) is 109 Å². The van der Waals surface area contributed by atoms with Gasteiger partial charge in [-0.05, 0) is 74.8 Å². The fourth-order valence-electron chi connectivity index (χ4n) is 4.50. The molecule has 0 saturated heterocycles. The molecule has 0 amide bonds. The van der Waals surface area contributed by atoms with E-state index >= 15 is 0 Å². The van der Waals surface area contributed by atoms with Crippen molar-refractivity contribution in [3.05, 3.63) is 120 Å². The van der Waals surface area contributed by atoms with Crippen LogP contribution in [0.25, 0.3) is 33.0 Å². The number of methoxy groups -OCH3 is 2. The molecule has 0 radical (unpaired) electrons. The summed E-state index contributed by atoms with van der Waals surface area (Å²) in [5.74, 6) is 1.74. The van der Waals surface area contributed by atoms with Gasteiger partial charge in [-0.2, -0.15) is 0 Å². The van der Waals surface area contributed by atoms with E-state index in [2.05, 4.69) is 91.0 Å². The average molecular weight is 431 g/mol. The summed E-state index contributed by atoms with van der Waals surface area (Å²) in [6.07, 6.45) is 0.829. The third-order valence-electron chi connectivity index (χ3n) is 6.11. The Balaban J connectivity index is 1.82. The highest BCUT2D eigenvalue weighted by molar-refractivity contribution is 6.06. The van der Waals surface area contributed by atoms with Crippen molar-refractivity contribution in [1.29, 1.82) is 0 Å². The Bertz CT molecular complexity index is 1370. The molecule has 0 saturated carbocycles. The number of ether oxygens (including phenoxy) is 2. The lowest BCUT2D eigenvalue weighted by atomic mass is 9.84. The van der Waals surface area contributed by atoms with Crippen LogP contribution in [0.1, 0.15) is 11.1 Å². The lowest BCUT2D eigenvalue weighted by molar-refractivity contribution is 0.414. The summed E-state index contributed by atoms with van der Waals surface area (Å²) in [4.78, 5) is 0. The Labute approximate surface area is 195 Å². The smallest absolute Gasteiger partial charge is 0.119 e. The molecule has 0 bridgehead atoms. The summed E-state index contributed by atoms with van der Waals surface area (Å²) >= 11 is 0. The van der Waals surface area contributed by atoms with Gasteiger partial charge in [0, 0.05) is 0 Å². The first-order chi connectivity index (χ1) is 16.3. The maximum atomic E-state index is 5.59. The van der Waals surface area contributed by atoms with Gasteiger partial charge in [-0.3, -0.25) is 0 Å². The Morgan fingerprint density at radius 3 is 1.73 bits per heavy atom. The Morgan fingerprint density at radius 2 is 1.12 bits per heavy atom.